The van der Waals surface area contributed by atoms with Crippen LogP contribution in [0.25, 0.3) is 0 Å². The molecule has 18 heavy (non-hydrogen) atoms. The number of methoxy groups -OCH3 is 1. The summed E-state index contributed by atoms with van der Waals surface area (Å²) >= 11 is 0. The maximum atomic E-state index is 5.18. The van der Waals surface area contributed by atoms with Gasteiger partial charge in [0, 0.05) is 26.3 Å². The summed E-state index contributed by atoms with van der Waals surface area (Å²) in [6.07, 6.45) is 5.10. The zero-order valence-corrected chi connectivity index (χ0v) is 12.8. The van der Waals surface area contributed by atoms with E-state index in [1.807, 2.05) is 0 Å². The van der Waals surface area contributed by atoms with Crippen LogP contribution in [0, 0.1) is 5.41 Å². The molecule has 0 aromatic rings. The second-order valence-corrected chi connectivity index (χ2v) is 6.35. The van der Waals surface area contributed by atoms with Gasteiger partial charge in [0.15, 0.2) is 0 Å². The SMILES string of the molecule is CCN1CCCC(NCC(C)(C)CCOC)CC1. The fourth-order valence-electron chi connectivity index (χ4n) is 2.56. The molecular formula is C15H32N2O. The minimum atomic E-state index is 0.340. The van der Waals surface area contributed by atoms with Gasteiger partial charge in [-0.2, -0.15) is 0 Å². The Morgan fingerprint density at radius 2 is 2.06 bits per heavy atom. The topological polar surface area (TPSA) is 24.5 Å². The third-order valence-electron chi connectivity index (χ3n) is 4.12. The number of ether oxygens (including phenoxy) is 1. The predicted octanol–water partition coefficient (Wildman–Crippen LogP) is 2.51. The molecule has 1 fully saturated rings. The van der Waals surface area contributed by atoms with Gasteiger partial charge in [-0.15, -0.1) is 0 Å². The van der Waals surface area contributed by atoms with Crippen LogP contribution >= 0.6 is 0 Å². The Hall–Kier alpha value is -0.120. The Labute approximate surface area is 113 Å². The quantitative estimate of drug-likeness (QED) is 0.757. The van der Waals surface area contributed by atoms with E-state index in [1.165, 1.54) is 38.9 Å². The summed E-state index contributed by atoms with van der Waals surface area (Å²) in [6.45, 7) is 12.6. The van der Waals surface area contributed by atoms with Gasteiger partial charge < -0.3 is 15.0 Å². The summed E-state index contributed by atoms with van der Waals surface area (Å²) in [7, 11) is 1.79. The molecule has 108 valence electrons. The van der Waals surface area contributed by atoms with Gasteiger partial charge in [0.2, 0.25) is 0 Å². The number of hydrogen-bond acceptors (Lipinski definition) is 3. The van der Waals surface area contributed by atoms with Crippen molar-refractivity contribution in [3.63, 3.8) is 0 Å². The molecule has 0 saturated carbocycles. The predicted molar refractivity (Wildman–Crippen MR) is 78.0 cm³/mol. The van der Waals surface area contributed by atoms with Crippen molar-refractivity contribution in [2.24, 2.45) is 5.41 Å². The molecule has 1 heterocycles. The van der Waals surface area contributed by atoms with Crippen LogP contribution < -0.4 is 5.32 Å². The van der Waals surface area contributed by atoms with E-state index in [0.29, 0.717) is 11.5 Å². The molecule has 0 aliphatic carbocycles. The number of nitrogens with one attached hydrogen (secondary N) is 1. The summed E-state index contributed by atoms with van der Waals surface area (Å²) in [5.41, 5.74) is 0.340. The van der Waals surface area contributed by atoms with Crippen LogP contribution in [0.2, 0.25) is 0 Å². The van der Waals surface area contributed by atoms with Gasteiger partial charge in [-0.1, -0.05) is 20.8 Å². The summed E-state index contributed by atoms with van der Waals surface area (Å²) in [5.74, 6) is 0. The Bertz CT molecular complexity index is 219. The largest absolute Gasteiger partial charge is 0.385 e. The Morgan fingerprint density at radius 1 is 1.28 bits per heavy atom. The van der Waals surface area contributed by atoms with Gasteiger partial charge in [-0.3, -0.25) is 0 Å². The average Bonchev–Trinajstić information content (AvgIpc) is 2.59. The summed E-state index contributed by atoms with van der Waals surface area (Å²) in [5, 5.41) is 3.77. The number of nitrogens with zero attached hydrogens (tertiary/aromatic N) is 1. The highest BCUT2D eigenvalue weighted by Gasteiger charge is 2.21. The minimum Gasteiger partial charge on any atom is -0.385 e. The van der Waals surface area contributed by atoms with Crippen LogP contribution in [-0.4, -0.2) is 50.8 Å². The van der Waals surface area contributed by atoms with Crippen molar-refractivity contribution in [3.8, 4) is 0 Å². The van der Waals surface area contributed by atoms with Crippen LogP contribution in [0.4, 0.5) is 0 Å². The maximum absolute atomic E-state index is 5.18. The molecule has 0 aromatic heterocycles. The van der Waals surface area contributed by atoms with Gasteiger partial charge in [0.05, 0.1) is 0 Å². The molecule has 1 N–H and O–H groups in total. The van der Waals surface area contributed by atoms with E-state index in [2.05, 4.69) is 31.0 Å². The van der Waals surface area contributed by atoms with E-state index in [0.717, 1.165) is 19.6 Å². The molecule has 1 saturated heterocycles. The molecule has 0 aromatic carbocycles. The molecule has 1 aliphatic heterocycles. The lowest BCUT2D eigenvalue weighted by atomic mass is 9.89. The van der Waals surface area contributed by atoms with E-state index in [1.54, 1.807) is 7.11 Å². The first kappa shape index (κ1) is 15.9. The van der Waals surface area contributed by atoms with Gasteiger partial charge in [-0.25, -0.2) is 0 Å². The number of likely N-dealkylation sites (tertiary alicyclic amines) is 1. The molecule has 3 nitrogen and oxygen atoms in total. The average molecular weight is 256 g/mol. The molecule has 0 bridgehead atoms. The van der Waals surface area contributed by atoms with Crippen molar-refractivity contribution >= 4 is 0 Å². The fourth-order valence-corrected chi connectivity index (χ4v) is 2.56. The number of hydrogen-bond donors (Lipinski definition) is 1. The van der Waals surface area contributed by atoms with Crippen LogP contribution in [-0.2, 0) is 4.74 Å². The standard InChI is InChI=1S/C15H32N2O/c1-5-17-10-6-7-14(8-11-17)16-13-15(2,3)9-12-18-4/h14,16H,5-13H2,1-4H3. The van der Waals surface area contributed by atoms with Gasteiger partial charge in [-0.05, 0) is 50.7 Å². The minimum absolute atomic E-state index is 0.340. The monoisotopic (exact) mass is 256 g/mol. The van der Waals surface area contributed by atoms with Crippen molar-refractivity contribution in [2.45, 2.75) is 52.5 Å². The summed E-state index contributed by atoms with van der Waals surface area (Å²) in [6, 6.07) is 0.711. The van der Waals surface area contributed by atoms with Gasteiger partial charge in [0.25, 0.3) is 0 Å². The second-order valence-electron chi connectivity index (χ2n) is 6.35. The van der Waals surface area contributed by atoms with E-state index >= 15 is 0 Å². The maximum Gasteiger partial charge on any atom is 0.0467 e. The second kappa shape index (κ2) is 8.13. The highest BCUT2D eigenvalue weighted by molar-refractivity contribution is 4.78. The van der Waals surface area contributed by atoms with Crippen LogP contribution in [0.5, 0.6) is 0 Å². The van der Waals surface area contributed by atoms with E-state index in [9.17, 15) is 0 Å². The first-order valence-electron chi connectivity index (χ1n) is 7.52. The van der Waals surface area contributed by atoms with E-state index in [-0.39, 0.29) is 0 Å². The molecule has 0 spiro atoms. The highest BCUT2D eigenvalue weighted by atomic mass is 16.5. The van der Waals surface area contributed by atoms with Crippen molar-refractivity contribution in [2.75, 3.05) is 39.9 Å². The van der Waals surface area contributed by atoms with Crippen molar-refractivity contribution < 1.29 is 4.74 Å². The normalized spacial score (nSPS) is 23.0. The third kappa shape index (κ3) is 6.17. The summed E-state index contributed by atoms with van der Waals surface area (Å²) < 4.78 is 5.18. The van der Waals surface area contributed by atoms with Crippen molar-refractivity contribution in [1.29, 1.82) is 0 Å². The molecule has 0 amide bonds. The lowest BCUT2D eigenvalue weighted by Crippen LogP contribution is -2.38. The van der Waals surface area contributed by atoms with Crippen molar-refractivity contribution in [1.82, 2.24) is 10.2 Å². The first-order chi connectivity index (χ1) is 8.57. The van der Waals surface area contributed by atoms with Crippen LogP contribution in [0.3, 0.4) is 0 Å². The highest BCUT2D eigenvalue weighted by Crippen LogP contribution is 2.20. The molecule has 0 radical (unpaired) electrons. The van der Waals surface area contributed by atoms with Crippen LogP contribution in [0.1, 0.15) is 46.5 Å². The zero-order valence-electron chi connectivity index (χ0n) is 12.8. The molecule has 1 atom stereocenters. The van der Waals surface area contributed by atoms with Gasteiger partial charge in [0.1, 0.15) is 0 Å². The molecule has 3 heteroatoms. The third-order valence-corrected chi connectivity index (χ3v) is 4.12. The zero-order chi connectivity index (χ0) is 13.4. The lowest BCUT2D eigenvalue weighted by molar-refractivity contribution is 0.148. The fraction of sp³-hybridized carbons (Fsp3) is 1.00. The lowest BCUT2D eigenvalue weighted by Gasteiger charge is -2.28. The first-order valence-corrected chi connectivity index (χ1v) is 7.52. The Balaban J connectivity index is 2.25. The summed E-state index contributed by atoms with van der Waals surface area (Å²) in [4.78, 5) is 2.57. The molecular weight excluding hydrogens is 224 g/mol. The Kier molecular flexibility index (Phi) is 7.20. The molecule has 1 rings (SSSR count). The van der Waals surface area contributed by atoms with Gasteiger partial charge >= 0.3 is 0 Å². The van der Waals surface area contributed by atoms with Crippen LogP contribution in [0.15, 0.2) is 0 Å². The Morgan fingerprint density at radius 3 is 2.72 bits per heavy atom. The number of rotatable bonds is 7. The smallest absolute Gasteiger partial charge is 0.0467 e. The molecule has 1 aliphatic rings. The van der Waals surface area contributed by atoms with E-state index < -0.39 is 0 Å². The molecule has 1 unspecified atom stereocenters. The van der Waals surface area contributed by atoms with E-state index in [4.69, 9.17) is 4.74 Å². The van der Waals surface area contributed by atoms with Crippen molar-refractivity contribution in [3.05, 3.63) is 0 Å².